The van der Waals surface area contributed by atoms with Crippen molar-refractivity contribution in [2.45, 2.75) is 6.04 Å². The number of para-hydroxylation sites is 2. The van der Waals surface area contributed by atoms with Crippen LogP contribution in [0, 0.1) is 5.82 Å². The molecule has 1 aliphatic rings. The summed E-state index contributed by atoms with van der Waals surface area (Å²) in [4.78, 5) is 4.77. The van der Waals surface area contributed by atoms with Gasteiger partial charge in [0.15, 0.2) is 0 Å². The van der Waals surface area contributed by atoms with Gasteiger partial charge in [0.05, 0.1) is 17.1 Å². The molecule has 1 N–H and O–H groups in total. The number of fused-ring (bicyclic) bond motifs is 3. The molecule has 0 saturated carbocycles. The Bertz CT molecular complexity index is 1160. The molecule has 5 heteroatoms. The summed E-state index contributed by atoms with van der Waals surface area (Å²) in [6.45, 7) is 0. The third kappa shape index (κ3) is 2.84. The van der Waals surface area contributed by atoms with E-state index in [-0.39, 0.29) is 11.9 Å². The van der Waals surface area contributed by atoms with Crippen LogP contribution in [0.5, 0.6) is 0 Å². The first kappa shape index (κ1) is 16.3. The highest BCUT2D eigenvalue weighted by molar-refractivity contribution is 9.10. The van der Waals surface area contributed by atoms with Crippen LogP contribution in [0.2, 0.25) is 0 Å². The highest BCUT2D eigenvalue weighted by Crippen LogP contribution is 2.37. The van der Waals surface area contributed by atoms with E-state index in [1.54, 1.807) is 0 Å². The van der Waals surface area contributed by atoms with Gasteiger partial charge in [0.25, 0.3) is 0 Å². The molecule has 1 aliphatic heterocycles. The maximum Gasteiger partial charge on any atom is 0.209 e. The van der Waals surface area contributed by atoms with Gasteiger partial charge in [0.1, 0.15) is 5.82 Å². The Labute approximate surface area is 164 Å². The Morgan fingerprint density at radius 2 is 1.67 bits per heavy atom. The molecule has 132 valence electrons. The Hall–Kier alpha value is -2.92. The van der Waals surface area contributed by atoms with Gasteiger partial charge in [-0.3, -0.25) is 4.57 Å². The van der Waals surface area contributed by atoms with Crippen molar-refractivity contribution in [2.75, 3.05) is 5.32 Å². The Morgan fingerprint density at radius 1 is 0.926 bits per heavy atom. The second kappa shape index (κ2) is 6.35. The molecule has 0 saturated heterocycles. The van der Waals surface area contributed by atoms with Crippen LogP contribution in [-0.4, -0.2) is 9.55 Å². The zero-order valence-electron chi connectivity index (χ0n) is 14.2. The number of hydrogen-bond acceptors (Lipinski definition) is 2. The molecule has 0 spiro atoms. The highest BCUT2D eigenvalue weighted by Gasteiger charge is 2.25. The maximum atomic E-state index is 13.5. The molecule has 27 heavy (non-hydrogen) atoms. The number of rotatable bonds is 2. The zero-order chi connectivity index (χ0) is 18.4. The van der Waals surface area contributed by atoms with Crippen LogP contribution in [-0.2, 0) is 0 Å². The fraction of sp³-hybridized carbons (Fsp3) is 0.0455. The minimum absolute atomic E-state index is 0.0760. The van der Waals surface area contributed by atoms with E-state index in [1.807, 2.05) is 42.5 Å². The van der Waals surface area contributed by atoms with Crippen molar-refractivity contribution in [3.8, 4) is 0 Å². The van der Waals surface area contributed by atoms with Crippen molar-refractivity contribution in [1.29, 1.82) is 0 Å². The molecule has 5 rings (SSSR count). The van der Waals surface area contributed by atoms with E-state index in [9.17, 15) is 4.39 Å². The average molecular weight is 420 g/mol. The number of nitrogens with zero attached hydrogens (tertiary/aromatic N) is 2. The van der Waals surface area contributed by atoms with Gasteiger partial charge in [-0.05, 0) is 53.6 Å². The number of imidazole rings is 1. The van der Waals surface area contributed by atoms with Crippen molar-refractivity contribution >= 4 is 38.6 Å². The van der Waals surface area contributed by atoms with Gasteiger partial charge in [-0.2, -0.15) is 0 Å². The number of anilines is 1. The Morgan fingerprint density at radius 3 is 2.44 bits per heavy atom. The van der Waals surface area contributed by atoms with E-state index >= 15 is 0 Å². The summed E-state index contributed by atoms with van der Waals surface area (Å²) < 4.78 is 16.7. The van der Waals surface area contributed by atoms with Crippen LogP contribution in [0.25, 0.3) is 16.7 Å². The minimum Gasteiger partial charge on any atom is -0.325 e. The van der Waals surface area contributed by atoms with Crippen LogP contribution in [0.4, 0.5) is 10.3 Å². The molecule has 0 bridgehead atoms. The summed E-state index contributed by atoms with van der Waals surface area (Å²) in [6.07, 6.45) is 2.16. The molecular weight excluding hydrogens is 405 g/mol. The lowest BCUT2D eigenvalue weighted by atomic mass is 10.0. The predicted molar refractivity (Wildman–Crippen MR) is 110 cm³/mol. The van der Waals surface area contributed by atoms with Crippen molar-refractivity contribution in [2.24, 2.45) is 0 Å². The first-order valence-electron chi connectivity index (χ1n) is 8.66. The quantitative estimate of drug-likeness (QED) is 0.432. The van der Waals surface area contributed by atoms with Crippen molar-refractivity contribution in [3.05, 3.63) is 100 Å². The normalized spacial score (nSPS) is 15.9. The van der Waals surface area contributed by atoms with E-state index < -0.39 is 0 Å². The van der Waals surface area contributed by atoms with E-state index in [0.717, 1.165) is 38.3 Å². The highest BCUT2D eigenvalue weighted by atomic mass is 79.9. The van der Waals surface area contributed by atoms with Gasteiger partial charge in [-0.1, -0.05) is 52.3 Å². The molecule has 3 aromatic carbocycles. The standard InChI is InChI=1S/C22H15BrFN3/c23-16-9-5-14(6-10-16)19-13-21(15-7-11-17(24)12-8-15)27-20-4-2-1-3-18(20)25-22(27)26-19/h1-13,21H,(H,25,26). The third-order valence-corrected chi connectivity index (χ3v) is 5.34. The van der Waals surface area contributed by atoms with Crippen LogP contribution in [0.15, 0.2) is 83.3 Å². The first-order valence-corrected chi connectivity index (χ1v) is 9.45. The van der Waals surface area contributed by atoms with Crippen LogP contribution >= 0.6 is 15.9 Å². The zero-order valence-corrected chi connectivity index (χ0v) is 15.8. The number of allylic oxidation sites excluding steroid dienone is 1. The molecular formula is C22H15BrFN3. The largest absolute Gasteiger partial charge is 0.325 e. The van der Waals surface area contributed by atoms with Crippen molar-refractivity contribution in [1.82, 2.24) is 9.55 Å². The molecule has 1 unspecified atom stereocenters. The van der Waals surface area contributed by atoms with Crippen molar-refractivity contribution < 1.29 is 4.39 Å². The summed E-state index contributed by atoms with van der Waals surface area (Å²) >= 11 is 3.48. The van der Waals surface area contributed by atoms with Gasteiger partial charge in [0.2, 0.25) is 5.95 Å². The topological polar surface area (TPSA) is 29.9 Å². The van der Waals surface area contributed by atoms with Gasteiger partial charge < -0.3 is 5.32 Å². The predicted octanol–water partition coefficient (Wildman–Crippen LogP) is 5.99. The lowest BCUT2D eigenvalue weighted by molar-refractivity contribution is 0.624. The Balaban J connectivity index is 1.71. The number of halogens is 2. The van der Waals surface area contributed by atoms with Crippen LogP contribution < -0.4 is 5.32 Å². The van der Waals surface area contributed by atoms with Gasteiger partial charge in [0, 0.05) is 10.2 Å². The summed E-state index contributed by atoms with van der Waals surface area (Å²) in [5, 5.41) is 3.46. The molecule has 3 nitrogen and oxygen atoms in total. The molecule has 4 aromatic rings. The molecule has 1 atom stereocenters. The molecule has 0 amide bonds. The number of aromatic nitrogens is 2. The fourth-order valence-corrected chi connectivity index (χ4v) is 3.78. The van der Waals surface area contributed by atoms with E-state index in [1.165, 1.54) is 12.1 Å². The summed E-state index contributed by atoms with van der Waals surface area (Å²) in [6, 6.07) is 22.8. The lowest BCUT2D eigenvalue weighted by Gasteiger charge is -2.26. The molecule has 2 heterocycles. The molecule has 0 radical (unpaired) electrons. The SMILES string of the molecule is Fc1ccc(C2C=C(c3ccc(Br)cc3)Nc3nc4ccccc4n32)cc1. The second-order valence-corrected chi connectivity index (χ2v) is 7.42. The summed E-state index contributed by atoms with van der Waals surface area (Å²) in [7, 11) is 0. The number of benzene rings is 3. The van der Waals surface area contributed by atoms with E-state index in [4.69, 9.17) is 4.98 Å². The molecule has 0 fully saturated rings. The summed E-state index contributed by atoms with van der Waals surface area (Å²) in [5.74, 6) is 0.548. The summed E-state index contributed by atoms with van der Waals surface area (Å²) in [5.41, 5.74) is 5.04. The lowest BCUT2D eigenvalue weighted by Crippen LogP contribution is -2.19. The monoisotopic (exact) mass is 419 g/mol. The van der Waals surface area contributed by atoms with Gasteiger partial charge in [-0.25, -0.2) is 9.37 Å². The minimum atomic E-state index is -0.236. The molecule has 0 aliphatic carbocycles. The van der Waals surface area contributed by atoms with Crippen LogP contribution in [0.1, 0.15) is 17.2 Å². The number of hydrogen-bond donors (Lipinski definition) is 1. The number of nitrogens with one attached hydrogen (secondary N) is 1. The van der Waals surface area contributed by atoms with E-state index in [2.05, 4.69) is 50.1 Å². The Kier molecular flexibility index (Phi) is 3.83. The second-order valence-electron chi connectivity index (χ2n) is 6.50. The van der Waals surface area contributed by atoms with E-state index in [0.29, 0.717) is 0 Å². The fourth-order valence-electron chi connectivity index (χ4n) is 3.51. The third-order valence-electron chi connectivity index (χ3n) is 4.81. The van der Waals surface area contributed by atoms with Crippen LogP contribution in [0.3, 0.4) is 0 Å². The average Bonchev–Trinajstić information content (AvgIpc) is 3.07. The van der Waals surface area contributed by atoms with Gasteiger partial charge in [-0.15, -0.1) is 0 Å². The van der Waals surface area contributed by atoms with Crippen molar-refractivity contribution in [3.63, 3.8) is 0 Å². The maximum absolute atomic E-state index is 13.5. The van der Waals surface area contributed by atoms with Gasteiger partial charge >= 0.3 is 0 Å². The smallest absolute Gasteiger partial charge is 0.209 e. The first-order chi connectivity index (χ1) is 13.2. The molecule has 1 aromatic heterocycles.